The zero-order chi connectivity index (χ0) is 20.4. The third kappa shape index (κ3) is 4.59. The number of carbonyl (C=O) groups excluding carboxylic acids is 1. The van der Waals surface area contributed by atoms with E-state index < -0.39 is 11.2 Å². The Morgan fingerprint density at radius 3 is 2.72 bits per heavy atom. The first kappa shape index (κ1) is 21.0. The van der Waals surface area contributed by atoms with Crippen molar-refractivity contribution in [3.63, 3.8) is 0 Å². The van der Waals surface area contributed by atoms with Crippen LogP contribution in [-0.2, 0) is 16.0 Å². The molecule has 6 heteroatoms. The molecule has 4 atom stereocenters. The van der Waals surface area contributed by atoms with E-state index in [0.717, 1.165) is 24.4 Å². The summed E-state index contributed by atoms with van der Waals surface area (Å²) < 4.78 is 12.2. The molecule has 4 unspecified atom stereocenters. The van der Waals surface area contributed by atoms with Crippen molar-refractivity contribution in [3.05, 3.63) is 29.8 Å². The molecule has 29 heavy (non-hydrogen) atoms. The molecule has 0 radical (unpaired) electrons. The lowest BCUT2D eigenvalue weighted by molar-refractivity contribution is -0.127. The second kappa shape index (κ2) is 9.27. The normalized spacial score (nSPS) is 34.2. The monoisotopic (exact) mass is 417 g/mol. The van der Waals surface area contributed by atoms with Crippen LogP contribution in [0.15, 0.2) is 24.3 Å². The number of carbonyl (C=O) groups is 1. The van der Waals surface area contributed by atoms with Crippen LogP contribution in [0.2, 0.25) is 0 Å². The molecule has 160 valence electrons. The van der Waals surface area contributed by atoms with Gasteiger partial charge in [0.25, 0.3) is 0 Å². The number of aryl methyl sites for hydroxylation is 1. The van der Waals surface area contributed by atoms with Gasteiger partial charge in [-0.3, -0.25) is 9.80 Å². The molecule has 5 nitrogen and oxygen atoms in total. The maximum absolute atomic E-state index is 13.2. The SMILES string of the molecule is CCCCC1CCC(C(=O)NC2C3C[S+]([O-])CC3NN2c2ccccc2C)CC1. The van der Waals surface area contributed by atoms with E-state index in [1.165, 1.54) is 37.7 Å². The van der Waals surface area contributed by atoms with Crippen LogP contribution < -0.4 is 15.8 Å². The minimum absolute atomic E-state index is 0.123. The third-order valence-corrected chi connectivity index (χ3v) is 8.59. The summed E-state index contributed by atoms with van der Waals surface area (Å²) in [7, 11) is 0. The smallest absolute Gasteiger partial charge is 0.224 e. The maximum Gasteiger partial charge on any atom is 0.224 e. The van der Waals surface area contributed by atoms with Crippen molar-refractivity contribution in [2.24, 2.45) is 17.8 Å². The molecule has 3 fully saturated rings. The van der Waals surface area contributed by atoms with Crippen molar-refractivity contribution in [1.82, 2.24) is 10.7 Å². The van der Waals surface area contributed by atoms with E-state index in [0.29, 0.717) is 11.5 Å². The number of nitrogens with one attached hydrogen (secondary N) is 2. The predicted molar refractivity (Wildman–Crippen MR) is 119 cm³/mol. The molecule has 0 bridgehead atoms. The Morgan fingerprint density at radius 1 is 1.24 bits per heavy atom. The average Bonchev–Trinajstić information content (AvgIpc) is 3.24. The standard InChI is InChI=1S/C23H35N3O2S/c1-3-4-8-17-10-12-18(13-11-17)23(27)24-22-19-14-29(28)15-20(19)25-26(22)21-9-6-5-7-16(21)2/h5-7,9,17-20,22,25H,3-4,8,10-15H2,1-2H3,(H,24,27). The second-order valence-electron chi connectivity index (χ2n) is 9.14. The van der Waals surface area contributed by atoms with Crippen molar-refractivity contribution in [3.8, 4) is 0 Å². The van der Waals surface area contributed by atoms with Crippen LogP contribution in [0.1, 0.15) is 57.4 Å². The number of hydrogen-bond acceptors (Lipinski definition) is 4. The second-order valence-corrected chi connectivity index (χ2v) is 10.7. The largest absolute Gasteiger partial charge is 0.616 e. The number of hydrogen-bond donors (Lipinski definition) is 2. The number of benzene rings is 1. The first-order chi connectivity index (χ1) is 14.1. The Hall–Kier alpha value is -1.24. The summed E-state index contributed by atoms with van der Waals surface area (Å²) in [6.07, 6.45) is 8.12. The number of para-hydroxylation sites is 1. The van der Waals surface area contributed by atoms with Gasteiger partial charge in [0, 0.05) is 5.92 Å². The van der Waals surface area contributed by atoms with E-state index in [-0.39, 0.29) is 30.0 Å². The van der Waals surface area contributed by atoms with Gasteiger partial charge in [0.05, 0.1) is 17.6 Å². The summed E-state index contributed by atoms with van der Waals surface area (Å²) in [5.41, 5.74) is 5.83. The molecule has 1 aromatic rings. The molecule has 2 heterocycles. The number of nitrogens with zero attached hydrogens (tertiary/aromatic N) is 1. The van der Waals surface area contributed by atoms with E-state index in [1.807, 2.05) is 12.1 Å². The number of hydrazine groups is 1. The minimum Gasteiger partial charge on any atom is -0.616 e. The van der Waals surface area contributed by atoms with Gasteiger partial charge in [-0.1, -0.05) is 55.6 Å². The lowest BCUT2D eigenvalue weighted by Gasteiger charge is -2.33. The highest BCUT2D eigenvalue weighted by atomic mass is 32.2. The number of unbranched alkanes of at least 4 members (excludes halogenated alkanes) is 1. The Labute approximate surface area is 178 Å². The van der Waals surface area contributed by atoms with Gasteiger partial charge in [-0.25, -0.2) is 5.43 Å². The van der Waals surface area contributed by atoms with E-state index >= 15 is 0 Å². The van der Waals surface area contributed by atoms with E-state index in [4.69, 9.17) is 0 Å². The van der Waals surface area contributed by atoms with E-state index in [2.05, 4.69) is 41.7 Å². The molecule has 0 spiro atoms. The Balaban J connectivity index is 1.43. The molecule has 1 amide bonds. The third-order valence-electron chi connectivity index (χ3n) is 7.10. The van der Waals surface area contributed by atoms with Crippen molar-refractivity contribution < 1.29 is 9.35 Å². The number of rotatable bonds is 6. The van der Waals surface area contributed by atoms with Gasteiger partial charge < -0.3 is 9.87 Å². The van der Waals surface area contributed by atoms with Crippen molar-refractivity contribution in [2.75, 3.05) is 16.5 Å². The molecule has 2 aliphatic heterocycles. The summed E-state index contributed by atoms with van der Waals surface area (Å²) >= 11 is -0.797. The maximum atomic E-state index is 13.2. The lowest BCUT2D eigenvalue weighted by atomic mass is 9.79. The molecule has 1 saturated carbocycles. The topological polar surface area (TPSA) is 67.4 Å². The Bertz CT molecular complexity index is 707. The summed E-state index contributed by atoms with van der Waals surface area (Å²) in [4.78, 5) is 13.2. The average molecular weight is 418 g/mol. The van der Waals surface area contributed by atoms with Crippen LogP contribution in [0, 0.1) is 24.7 Å². The zero-order valence-corrected chi connectivity index (χ0v) is 18.5. The fourth-order valence-corrected chi connectivity index (χ4v) is 7.01. The van der Waals surface area contributed by atoms with Gasteiger partial charge in [-0.2, -0.15) is 0 Å². The molecule has 2 saturated heterocycles. The summed E-state index contributed by atoms with van der Waals surface area (Å²) in [6.45, 7) is 4.35. The highest BCUT2D eigenvalue weighted by Crippen LogP contribution is 2.36. The molecular weight excluding hydrogens is 382 g/mol. The molecule has 0 aromatic heterocycles. The van der Waals surface area contributed by atoms with Gasteiger partial charge in [0.2, 0.25) is 5.91 Å². The van der Waals surface area contributed by atoms with Gasteiger partial charge >= 0.3 is 0 Å². The van der Waals surface area contributed by atoms with Gasteiger partial charge in [-0.15, -0.1) is 0 Å². The highest BCUT2D eigenvalue weighted by Gasteiger charge is 2.51. The van der Waals surface area contributed by atoms with Crippen LogP contribution in [0.5, 0.6) is 0 Å². The van der Waals surface area contributed by atoms with E-state index in [1.54, 1.807) is 0 Å². The number of fused-ring (bicyclic) bond motifs is 1. The number of anilines is 1. The Morgan fingerprint density at radius 2 is 2.00 bits per heavy atom. The van der Waals surface area contributed by atoms with Crippen molar-refractivity contribution >= 4 is 22.8 Å². The fourth-order valence-electron chi connectivity index (χ4n) is 5.31. The van der Waals surface area contributed by atoms with Crippen LogP contribution in [0.3, 0.4) is 0 Å². The van der Waals surface area contributed by atoms with Crippen molar-refractivity contribution in [1.29, 1.82) is 0 Å². The van der Waals surface area contributed by atoms with Crippen LogP contribution in [0.25, 0.3) is 0 Å². The predicted octanol–water partition coefficient (Wildman–Crippen LogP) is 3.51. The molecule has 4 rings (SSSR count). The summed E-state index contributed by atoms with van der Waals surface area (Å²) in [5.74, 6) is 2.63. The first-order valence-electron chi connectivity index (χ1n) is 11.3. The molecule has 1 aromatic carbocycles. The van der Waals surface area contributed by atoms with Crippen LogP contribution >= 0.6 is 0 Å². The van der Waals surface area contributed by atoms with Crippen molar-refractivity contribution in [2.45, 2.75) is 71.0 Å². The fraction of sp³-hybridized carbons (Fsp3) is 0.696. The quantitative estimate of drug-likeness (QED) is 0.695. The number of amides is 1. The molecular formula is C23H35N3O2S. The molecule has 1 aliphatic carbocycles. The molecule has 2 N–H and O–H groups in total. The highest BCUT2D eigenvalue weighted by molar-refractivity contribution is 7.91. The summed E-state index contributed by atoms with van der Waals surface area (Å²) in [6, 6.07) is 8.44. The Kier molecular flexibility index (Phi) is 6.72. The van der Waals surface area contributed by atoms with Crippen LogP contribution in [-0.4, -0.2) is 34.2 Å². The minimum atomic E-state index is -0.797. The van der Waals surface area contributed by atoms with Gasteiger partial charge in [0.15, 0.2) is 0 Å². The van der Waals surface area contributed by atoms with Crippen LogP contribution in [0.4, 0.5) is 5.69 Å². The van der Waals surface area contributed by atoms with Gasteiger partial charge in [-0.05, 0) is 50.2 Å². The van der Waals surface area contributed by atoms with E-state index in [9.17, 15) is 9.35 Å². The van der Waals surface area contributed by atoms with Gasteiger partial charge in [0.1, 0.15) is 17.7 Å². The zero-order valence-electron chi connectivity index (χ0n) is 17.7. The lowest BCUT2D eigenvalue weighted by Crippen LogP contribution is -2.53. The summed E-state index contributed by atoms with van der Waals surface area (Å²) in [5, 5.41) is 5.50. The molecule has 3 aliphatic rings. The first-order valence-corrected chi connectivity index (χ1v) is 12.8.